The Balaban J connectivity index is 2.23. The number of hydrogen-bond donors (Lipinski definition) is 1. The highest BCUT2D eigenvalue weighted by molar-refractivity contribution is 6.36. The zero-order valence-corrected chi connectivity index (χ0v) is 18.1. The molecule has 0 unspecified atom stereocenters. The first-order valence-electron chi connectivity index (χ1n) is 9.58. The summed E-state index contributed by atoms with van der Waals surface area (Å²) in [5.41, 5.74) is 1.24. The highest BCUT2D eigenvalue weighted by atomic mass is 35.5. The van der Waals surface area contributed by atoms with Gasteiger partial charge in [-0.3, -0.25) is 9.59 Å². The molecule has 2 aromatic carbocycles. The molecule has 0 fully saturated rings. The Kier molecular flexibility index (Phi) is 8.93. The molecular formula is C22H25Cl2FN2O2. The molecule has 1 N–H and O–H groups in total. The third-order valence-corrected chi connectivity index (χ3v) is 5.36. The SMILES string of the molecule is CCCCNC(=O)[C@H](C)N(Cc1ccc(F)cc1)C(=O)Cc1c(Cl)cccc1Cl. The highest BCUT2D eigenvalue weighted by Crippen LogP contribution is 2.26. The van der Waals surface area contributed by atoms with Crippen molar-refractivity contribution in [2.24, 2.45) is 0 Å². The van der Waals surface area contributed by atoms with E-state index in [2.05, 4.69) is 5.32 Å². The molecule has 2 aromatic rings. The van der Waals surface area contributed by atoms with Crippen molar-refractivity contribution in [3.8, 4) is 0 Å². The minimum atomic E-state index is -0.703. The Morgan fingerprint density at radius 2 is 1.72 bits per heavy atom. The molecule has 0 aromatic heterocycles. The van der Waals surface area contributed by atoms with Crippen LogP contribution in [0.2, 0.25) is 10.0 Å². The third-order valence-electron chi connectivity index (χ3n) is 4.65. The van der Waals surface area contributed by atoms with Crippen LogP contribution >= 0.6 is 23.2 Å². The summed E-state index contributed by atoms with van der Waals surface area (Å²) in [5, 5.41) is 3.65. The molecule has 7 heteroatoms. The molecule has 0 aliphatic rings. The second-order valence-corrected chi connectivity index (χ2v) is 7.66. The number of nitrogens with one attached hydrogen (secondary N) is 1. The van der Waals surface area contributed by atoms with E-state index in [1.54, 1.807) is 37.3 Å². The van der Waals surface area contributed by atoms with Crippen molar-refractivity contribution in [3.05, 3.63) is 69.5 Å². The van der Waals surface area contributed by atoms with Crippen LogP contribution in [0, 0.1) is 5.82 Å². The highest BCUT2D eigenvalue weighted by Gasteiger charge is 2.27. The fraction of sp³-hybridized carbons (Fsp3) is 0.364. The van der Waals surface area contributed by atoms with Crippen molar-refractivity contribution in [1.29, 1.82) is 0 Å². The van der Waals surface area contributed by atoms with Gasteiger partial charge in [0.25, 0.3) is 0 Å². The van der Waals surface area contributed by atoms with Gasteiger partial charge in [0.15, 0.2) is 0 Å². The summed E-state index contributed by atoms with van der Waals surface area (Å²) < 4.78 is 13.2. The van der Waals surface area contributed by atoms with Crippen molar-refractivity contribution in [2.75, 3.05) is 6.54 Å². The number of nitrogens with zero attached hydrogens (tertiary/aromatic N) is 1. The Bertz CT molecular complexity index is 823. The van der Waals surface area contributed by atoms with E-state index in [-0.39, 0.29) is 30.6 Å². The maximum atomic E-state index is 13.2. The molecule has 2 amide bonds. The molecular weight excluding hydrogens is 414 g/mol. The summed E-state index contributed by atoms with van der Waals surface area (Å²) in [5.74, 6) is -0.888. The van der Waals surface area contributed by atoms with E-state index in [0.29, 0.717) is 22.2 Å². The average molecular weight is 439 g/mol. The molecule has 29 heavy (non-hydrogen) atoms. The zero-order valence-electron chi connectivity index (χ0n) is 16.6. The molecule has 0 saturated heterocycles. The summed E-state index contributed by atoms with van der Waals surface area (Å²) in [4.78, 5) is 27.2. The van der Waals surface area contributed by atoms with E-state index in [0.717, 1.165) is 18.4 Å². The van der Waals surface area contributed by atoms with Gasteiger partial charge in [-0.05, 0) is 48.7 Å². The Morgan fingerprint density at radius 1 is 1.10 bits per heavy atom. The van der Waals surface area contributed by atoms with Crippen LogP contribution in [0.4, 0.5) is 4.39 Å². The molecule has 0 saturated carbocycles. The molecule has 0 aliphatic carbocycles. The Labute approximate surface area is 181 Å². The molecule has 2 rings (SSSR count). The van der Waals surface area contributed by atoms with E-state index in [1.165, 1.54) is 17.0 Å². The molecule has 0 heterocycles. The molecule has 4 nitrogen and oxygen atoms in total. The fourth-order valence-electron chi connectivity index (χ4n) is 2.86. The first kappa shape index (κ1) is 23.2. The molecule has 0 bridgehead atoms. The van der Waals surface area contributed by atoms with Gasteiger partial charge >= 0.3 is 0 Å². The van der Waals surface area contributed by atoms with Crippen LogP contribution in [0.25, 0.3) is 0 Å². The van der Waals surface area contributed by atoms with E-state index in [9.17, 15) is 14.0 Å². The average Bonchev–Trinajstić information content (AvgIpc) is 2.70. The number of amides is 2. The van der Waals surface area contributed by atoms with Crippen LogP contribution in [0.3, 0.4) is 0 Å². The summed E-state index contributed by atoms with van der Waals surface area (Å²) in [6, 6.07) is 10.2. The predicted octanol–water partition coefficient (Wildman–Crippen LogP) is 5.01. The van der Waals surface area contributed by atoms with Gasteiger partial charge < -0.3 is 10.2 Å². The van der Waals surface area contributed by atoms with E-state index in [4.69, 9.17) is 23.2 Å². The molecule has 0 aliphatic heterocycles. The van der Waals surface area contributed by atoms with Crippen molar-refractivity contribution in [3.63, 3.8) is 0 Å². The summed E-state index contributed by atoms with van der Waals surface area (Å²) in [6.45, 7) is 4.43. The van der Waals surface area contributed by atoms with Gasteiger partial charge in [-0.25, -0.2) is 4.39 Å². The van der Waals surface area contributed by atoms with Crippen LogP contribution in [0.1, 0.15) is 37.8 Å². The number of carbonyl (C=O) groups excluding carboxylic acids is 2. The zero-order chi connectivity index (χ0) is 21.4. The monoisotopic (exact) mass is 438 g/mol. The van der Waals surface area contributed by atoms with Crippen molar-refractivity contribution in [2.45, 2.75) is 45.7 Å². The van der Waals surface area contributed by atoms with Gasteiger partial charge in [0.05, 0.1) is 6.42 Å². The van der Waals surface area contributed by atoms with Gasteiger partial charge in [-0.1, -0.05) is 54.7 Å². The normalized spacial score (nSPS) is 11.8. The van der Waals surface area contributed by atoms with Gasteiger partial charge in [0.1, 0.15) is 11.9 Å². The topological polar surface area (TPSA) is 49.4 Å². The summed E-state index contributed by atoms with van der Waals surface area (Å²) in [7, 11) is 0. The number of unbranched alkanes of at least 4 members (excludes halogenated alkanes) is 1. The molecule has 156 valence electrons. The fourth-order valence-corrected chi connectivity index (χ4v) is 3.39. The van der Waals surface area contributed by atoms with Gasteiger partial charge in [-0.2, -0.15) is 0 Å². The number of halogens is 3. The van der Waals surface area contributed by atoms with Gasteiger partial charge in [0, 0.05) is 23.1 Å². The maximum absolute atomic E-state index is 13.2. The summed E-state index contributed by atoms with van der Waals surface area (Å²) >= 11 is 12.4. The van der Waals surface area contributed by atoms with E-state index < -0.39 is 6.04 Å². The lowest BCUT2D eigenvalue weighted by Crippen LogP contribution is -2.48. The predicted molar refractivity (Wildman–Crippen MR) is 114 cm³/mol. The molecule has 0 radical (unpaired) electrons. The molecule has 0 spiro atoms. The lowest BCUT2D eigenvalue weighted by molar-refractivity contribution is -0.140. The van der Waals surface area contributed by atoms with E-state index in [1.807, 2.05) is 6.92 Å². The second-order valence-electron chi connectivity index (χ2n) is 6.85. The van der Waals surface area contributed by atoms with Crippen LogP contribution in [-0.2, 0) is 22.6 Å². The molecule has 1 atom stereocenters. The van der Waals surface area contributed by atoms with Crippen molar-refractivity contribution < 1.29 is 14.0 Å². The van der Waals surface area contributed by atoms with Crippen LogP contribution in [0.15, 0.2) is 42.5 Å². The third kappa shape index (κ3) is 6.72. The van der Waals surface area contributed by atoms with Gasteiger partial charge in [0.2, 0.25) is 11.8 Å². The maximum Gasteiger partial charge on any atom is 0.242 e. The first-order valence-corrected chi connectivity index (χ1v) is 10.3. The van der Waals surface area contributed by atoms with Crippen LogP contribution < -0.4 is 5.32 Å². The Morgan fingerprint density at radius 3 is 2.31 bits per heavy atom. The van der Waals surface area contributed by atoms with E-state index >= 15 is 0 Å². The first-order chi connectivity index (χ1) is 13.8. The Hall–Kier alpha value is -2.11. The second kappa shape index (κ2) is 11.2. The van der Waals surface area contributed by atoms with Crippen LogP contribution in [0.5, 0.6) is 0 Å². The number of hydrogen-bond acceptors (Lipinski definition) is 2. The standard InChI is InChI=1S/C22H25Cl2FN2O2/c1-3-4-12-26-22(29)15(2)27(14-16-8-10-17(25)11-9-16)21(28)13-18-19(23)6-5-7-20(18)24/h5-11,15H,3-4,12-14H2,1-2H3,(H,26,29)/t15-/m0/s1. The summed E-state index contributed by atoms with van der Waals surface area (Å²) in [6.07, 6.45) is 1.78. The number of carbonyl (C=O) groups is 2. The largest absolute Gasteiger partial charge is 0.354 e. The van der Waals surface area contributed by atoms with Crippen LogP contribution in [-0.4, -0.2) is 29.3 Å². The lowest BCUT2D eigenvalue weighted by Gasteiger charge is -2.29. The number of rotatable bonds is 9. The van der Waals surface area contributed by atoms with Crippen molar-refractivity contribution >= 4 is 35.0 Å². The number of benzene rings is 2. The van der Waals surface area contributed by atoms with Gasteiger partial charge in [-0.15, -0.1) is 0 Å². The minimum absolute atomic E-state index is 0.0354. The quantitative estimate of drug-likeness (QED) is 0.559. The van der Waals surface area contributed by atoms with Crippen molar-refractivity contribution in [1.82, 2.24) is 10.2 Å². The smallest absolute Gasteiger partial charge is 0.242 e. The lowest BCUT2D eigenvalue weighted by atomic mass is 10.1. The minimum Gasteiger partial charge on any atom is -0.354 e.